The van der Waals surface area contributed by atoms with Crippen molar-refractivity contribution in [3.05, 3.63) is 74.3 Å². The number of benzene rings is 2. The first-order valence-corrected chi connectivity index (χ1v) is 6.27. The third-order valence-corrected chi connectivity index (χ3v) is 2.92. The lowest BCUT2D eigenvalue weighted by atomic mass is 10.1. The number of nitro benzene ring substituents is 2. The molecule has 1 N–H and O–H groups in total. The fourth-order valence-corrected chi connectivity index (χ4v) is 1.77. The van der Waals surface area contributed by atoms with Crippen molar-refractivity contribution in [1.29, 1.82) is 0 Å². The molecule has 2 aromatic carbocycles. The van der Waals surface area contributed by atoms with Gasteiger partial charge in [-0.15, -0.1) is 0 Å². The van der Waals surface area contributed by atoms with Crippen molar-refractivity contribution < 1.29 is 9.85 Å². The van der Waals surface area contributed by atoms with Crippen LogP contribution in [0.25, 0.3) is 0 Å². The number of non-ortho nitro benzene ring substituents is 1. The van der Waals surface area contributed by atoms with Crippen molar-refractivity contribution in [2.45, 2.75) is 6.92 Å². The summed E-state index contributed by atoms with van der Waals surface area (Å²) in [6, 6.07) is 12.6. The van der Waals surface area contributed by atoms with Crippen LogP contribution in [0.4, 0.5) is 17.1 Å². The van der Waals surface area contributed by atoms with Crippen LogP contribution >= 0.6 is 0 Å². The van der Waals surface area contributed by atoms with E-state index in [9.17, 15) is 20.2 Å². The monoisotopic (exact) mass is 300 g/mol. The highest BCUT2D eigenvalue weighted by atomic mass is 16.6. The summed E-state index contributed by atoms with van der Waals surface area (Å²) in [5, 5.41) is 25.8. The lowest BCUT2D eigenvalue weighted by Crippen LogP contribution is -2.02. The molecule has 0 atom stereocenters. The Morgan fingerprint density at radius 3 is 2.32 bits per heavy atom. The van der Waals surface area contributed by atoms with E-state index in [0.29, 0.717) is 5.71 Å². The maximum absolute atomic E-state index is 11.0. The molecule has 0 saturated carbocycles. The smallest absolute Gasteiger partial charge is 0.271 e. The van der Waals surface area contributed by atoms with Gasteiger partial charge >= 0.3 is 5.69 Å². The molecule has 2 rings (SSSR count). The Hall–Kier alpha value is -3.29. The van der Waals surface area contributed by atoms with E-state index in [4.69, 9.17) is 0 Å². The van der Waals surface area contributed by atoms with Gasteiger partial charge in [0, 0.05) is 6.07 Å². The highest BCUT2D eigenvalue weighted by Gasteiger charge is 2.19. The summed E-state index contributed by atoms with van der Waals surface area (Å²) < 4.78 is 0. The molecule has 0 heterocycles. The fourth-order valence-electron chi connectivity index (χ4n) is 1.77. The lowest BCUT2D eigenvalue weighted by Gasteiger charge is -2.04. The molecule has 22 heavy (non-hydrogen) atoms. The van der Waals surface area contributed by atoms with E-state index in [1.54, 1.807) is 6.92 Å². The Morgan fingerprint density at radius 2 is 1.73 bits per heavy atom. The summed E-state index contributed by atoms with van der Waals surface area (Å²) in [7, 11) is 0. The fraction of sp³-hybridized carbons (Fsp3) is 0.0714. The van der Waals surface area contributed by atoms with E-state index in [1.165, 1.54) is 12.1 Å². The van der Waals surface area contributed by atoms with Crippen LogP contribution in [0.2, 0.25) is 0 Å². The third-order valence-electron chi connectivity index (χ3n) is 2.92. The van der Waals surface area contributed by atoms with Crippen LogP contribution in [0.1, 0.15) is 12.5 Å². The van der Waals surface area contributed by atoms with Crippen LogP contribution in [0.3, 0.4) is 0 Å². The molecule has 8 nitrogen and oxygen atoms in total. The van der Waals surface area contributed by atoms with Crippen molar-refractivity contribution >= 4 is 22.8 Å². The summed E-state index contributed by atoms with van der Waals surface area (Å²) in [4.78, 5) is 20.3. The molecule has 0 spiro atoms. The molecule has 0 unspecified atom stereocenters. The second kappa shape index (κ2) is 6.44. The van der Waals surface area contributed by atoms with Crippen molar-refractivity contribution in [3.63, 3.8) is 0 Å². The van der Waals surface area contributed by atoms with Crippen LogP contribution in [-0.4, -0.2) is 15.6 Å². The quantitative estimate of drug-likeness (QED) is 0.517. The zero-order valence-corrected chi connectivity index (χ0v) is 11.6. The molecular formula is C14H12N4O4. The summed E-state index contributed by atoms with van der Waals surface area (Å²) in [5.74, 6) is 0. The summed E-state index contributed by atoms with van der Waals surface area (Å²) in [5.41, 5.74) is 3.41. The molecule has 0 aliphatic rings. The zero-order chi connectivity index (χ0) is 16.1. The normalized spacial score (nSPS) is 11.0. The highest BCUT2D eigenvalue weighted by molar-refractivity contribution is 5.99. The molecule has 8 heteroatoms. The lowest BCUT2D eigenvalue weighted by molar-refractivity contribution is -0.393. The first-order valence-electron chi connectivity index (χ1n) is 6.27. The van der Waals surface area contributed by atoms with Crippen LogP contribution in [0.15, 0.2) is 53.6 Å². The Kier molecular flexibility index (Phi) is 4.42. The summed E-state index contributed by atoms with van der Waals surface area (Å²) >= 11 is 0. The Balaban J connectivity index is 2.30. The van der Waals surface area contributed by atoms with Crippen LogP contribution in [0, 0.1) is 20.2 Å². The Morgan fingerprint density at radius 1 is 1.05 bits per heavy atom. The topological polar surface area (TPSA) is 111 Å². The second-order valence-corrected chi connectivity index (χ2v) is 4.39. The van der Waals surface area contributed by atoms with Gasteiger partial charge in [0.2, 0.25) is 0 Å². The van der Waals surface area contributed by atoms with E-state index in [0.717, 1.165) is 11.6 Å². The van der Waals surface area contributed by atoms with Gasteiger partial charge in [-0.2, -0.15) is 5.10 Å². The molecule has 2 aromatic rings. The molecule has 0 aromatic heterocycles. The van der Waals surface area contributed by atoms with Gasteiger partial charge in [-0.05, 0) is 18.6 Å². The number of hydrogen-bond acceptors (Lipinski definition) is 6. The van der Waals surface area contributed by atoms with Crippen LogP contribution < -0.4 is 5.43 Å². The molecule has 0 aliphatic heterocycles. The predicted molar refractivity (Wildman–Crippen MR) is 82.0 cm³/mol. The Labute approximate surface area is 125 Å². The van der Waals surface area contributed by atoms with Gasteiger partial charge in [0.25, 0.3) is 5.69 Å². The minimum absolute atomic E-state index is 0.0888. The summed E-state index contributed by atoms with van der Waals surface area (Å²) in [6.07, 6.45) is 0. The first kappa shape index (κ1) is 15.1. The number of rotatable bonds is 5. The molecule has 0 bridgehead atoms. The molecular weight excluding hydrogens is 288 g/mol. The van der Waals surface area contributed by atoms with Gasteiger partial charge in [0.1, 0.15) is 5.69 Å². The predicted octanol–water partition coefficient (Wildman–Crippen LogP) is 3.34. The number of anilines is 1. The van der Waals surface area contributed by atoms with E-state index >= 15 is 0 Å². The molecule has 112 valence electrons. The molecule has 0 fully saturated rings. The van der Waals surface area contributed by atoms with Crippen molar-refractivity contribution in [2.24, 2.45) is 5.10 Å². The van der Waals surface area contributed by atoms with Gasteiger partial charge in [0.15, 0.2) is 0 Å². The van der Waals surface area contributed by atoms with E-state index in [2.05, 4.69) is 10.5 Å². The standard InChI is InChI=1S/C14H12N4O4/c1-10(11-5-3-2-4-6-11)15-16-13-8-7-12(17(19)20)9-14(13)18(21)22/h2-9,16H,1H3/b15-10+. The minimum Gasteiger partial charge on any atom is -0.271 e. The van der Waals surface area contributed by atoms with E-state index in [1.807, 2.05) is 30.3 Å². The third kappa shape index (κ3) is 3.42. The number of nitrogens with one attached hydrogen (secondary N) is 1. The number of hydrazone groups is 1. The molecule has 0 radical (unpaired) electrons. The average molecular weight is 300 g/mol. The van der Waals surface area contributed by atoms with Crippen molar-refractivity contribution in [2.75, 3.05) is 5.43 Å². The van der Waals surface area contributed by atoms with Gasteiger partial charge < -0.3 is 0 Å². The van der Waals surface area contributed by atoms with Gasteiger partial charge in [-0.1, -0.05) is 30.3 Å². The average Bonchev–Trinajstić information content (AvgIpc) is 2.53. The maximum Gasteiger partial charge on any atom is 0.301 e. The first-order chi connectivity index (χ1) is 10.5. The van der Waals surface area contributed by atoms with Gasteiger partial charge in [-0.3, -0.25) is 25.7 Å². The minimum atomic E-state index is -0.692. The van der Waals surface area contributed by atoms with E-state index in [-0.39, 0.29) is 11.4 Å². The van der Waals surface area contributed by atoms with Crippen LogP contribution in [0.5, 0.6) is 0 Å². The number of nitrogens with zero attached hydrogens (tertiary/aromatic N) is 3. The number of hydrogen-bond donors (Lipinski definition) is 1. The van der Waals surface area contributed by atoms with Gasteiger partial charge in [0.05, 0.1) is 21.6 Å². The van der Waals surface area contributed by atoms with Crippen LogP contribution in [-0.2, 0) is 0 Å². The SMILES string of the molecule is C/C(=N\Nc1ccc([N+](=O)[O-])cc1[N+](=O)[O-])c1ccccc1. The highest BCUT2D eigenvalue weighted by Crippen LogP contribution is 2.28. The Bertz CT molecular complexity index is 744. The van der Waals surface area contributed by atoms with Crippen molar-refractivity contribution in [1.82, 2.24) is 0 Å². The van der Waals surface area contributed by atoms with Crippen molar-refractivity contribution in [3.8, 4) is 0 Å². The largest absolute Gasteiger partial charge is 0.301 e. The van der Waals surface area contributed by atoms with Gasteiger partial charge in [-0.25, -0.2) is 0 Å². The van der Waals surface area contributed by atoms with E-state index < -0.39 is 15.5 Å². The molecule has 0 saturated heterocycles. The molecule has 0 aliphatic carbocycles. The summed E-state index contributed by atoms with van der Waals surface area (Å²) in [6.45, 7) is 1.75. The zero-order valence-electron chi connectivity index (χ0n) is 11.6. The number of nitro groups is 2. The molecule has 0 amide bonds. The second-order valence-electron chi connectivity index (χ2n) is 4.39. The maximum atomic E-state index is 11.0.